The summed E-state index contributed by atoms with van der Waals surface area (Å²) in [6.45, 7) is 0. The molecule has 0 unspecified atom stereocenters. The molecule has 0 spiro atoms. The molecule has 2 heterocycles. The van der Waals surface area contributed by atoms with Crippen LogP contribution in [0.1, 0.15) is 0 Å². The summed E-state index contributed by atoms with van der Waals surface area (Å²) in [5.41, 5.74) is 0.187. The molecule has 3 nitrogen and oxygen atoms in total. The lowest BCUT2D eigenvalue weighted by molar-refractivity contribution is 0.609. The molecule has 0 amide bonds. The summed E-state index contributed by atoms with van der Waals surface area (Å²) in [5.74, 6) is -0.494. The molecule has 0 aliphatic rings. The molecule has 0 atom stereocenters. The van der Waals surface area contributed by atoms with Crippen molar-refractivity contribution in [3.63, 3.8) is 0 Å². The molecule has 0 aliphatic heterocycles. The average Bonchev–Trinajstić information content (AvgIpc) is 2.33. The molecule has 90 valence electrons. The largest absolute Gasteiger partial charge is 0.454 e. The molecular weight excluding hydrogens is 324 g/mol. The van der Waals surface area contributed by atoms with Gasteiger partial charge >= 0.3 is 0 Å². The maximum atomic E-state index is 13.4. The molecule has 1 aromatic carbocycles. The first-order valence-electron chi connectivity index (χ1n) is 4.93. The minimum atomic E-state index is -0.494. The fourth-order valence-corrected chi connectivity index (χ4v) is 2.23. The molecule has 0 radical (unpaired) electrons. The lowest BCUT2D eigenvalue weighted by Crippen LogP contribution is -2.03. The minimum Gasteiger partial charge on any atom is -0.454 e. The number of benzene rings is 1. The standard InChI is InChI=1S/C12H4BrClFNO2/c13-7-1-5-9(3-8(7)15)18-10-4-16-11(14)2-6(10)12(5)17/h1-4H. The van der Waals surface area contributed by atoms with Crippen molar-refractivity contribution < 1.29 is 8.81 Å². The highest BCUT2D eigenvalue weighted by atomic mass is 79.9. The third-order valence-corrected chi connectivity index (χ3v) is 3.38. The van der Waals surface area contributed by atoms with Crippen LogP contribution in [-0.2, 0) is 0 Å². The Morgan fingerprint density at radius 3 is 2.72 bits per heavy atom. The number of nitrogens with zero attached hydrogens (tertiary/aromatic N) is 1. The number of hydrogen-bond donors (Lipinski definition) is 0. The van der Waals surface area contributed by atoms with Crippen LogP contribution in [-0.4, -0.2) is 4.98 Å². The van der Waals surface area contributed by atoms with E-state index in [4.69, 9.17) is 16.0 Å². The van der Waals surface area contributed by atoms with Gasteiger partial charge in [0.1, 0.15) is 16.6 Å². The Hall–Kier alpha value is -1.46. The summed E-state index contributed by atoms with van der Waals surface area (Å²) in [6.07, 6.45) is 1.35. The molecular formula is C12H4BrClFNO2. The predicted molar refractivity (Wildman–Crippen MR) is 70.5 cm³/mol. The first-order chi connectivity index (χ1) is 8.56. The fourth-order valence-electron chi connectivity index (χ4n) is 1.73. The van der Waals surface area contributed by atoms with Gasteiger partial charge in [-0.25, -0.2) is 9.37 Å². The minimum absolute atomic E-state index is 0.178. The highest BCUT2D eigenvalue weighted by Crippen LogP contribution is 2.24. The van der Waals surface area contributed by atoms with E-state index < -0.39 is 5.82 Å². The maximum absolute atomic E-state index is 13.4. The van der Waals surface area contributed by atoms with Gasteiger partial charge in [-0.15, -0.1) is 0 Å². The lowest BCUT2D eigenvalue weighted by atomic mass is 10.2. The van der Waals surface area contributed by atoms with Gasteiger partial charge in [-0.3, -0.25) is 4.79 Å². The monoisotopic (exact) mass is 327 g/mol. The van der Waals surface area contributed by atoms with E-state index in [1.54, 1.807) is 0 Å². The second-order valence-corrected chi connectivity index (χ2v) is 4.94. The molecule has 0 bridgehead atoms. The molecule has 18 heavy (non-hydrogen) atoms. The van der Waals surface area contributed by atoms with Crippen molar-refractivity contribution >= 4 is 49.5 Å². The molecule has 0 aliphatic carbocycles. The van der Waals surface area contributed by atoms with Crippen LogP contribution in [0.3, 0.4) is 0 Å². The SMILES string of the molecule is O=c1c2cc(Cl)ncc2oc2cc(F)c(Br)cc12. The van der Waals surface area contributed by atoms with E-state index in [0.717, 1.165) is 6.07 Å². The summed E-state index contributed by atoms with van der Waals surface area (Å²) in [4.78, 5) is 16.0. The number of hydrogen-bond acceptors (Lipinski definition) is 3. The summed E-state index contributed by atoms with van der Waals surface area (Å²) in [7, 11) is 0. The highest BCUT2D eigenvalue weighted by Gasteiger charge is 2.11. The van der Waals surface area contributed by atoms with Gasteiger partial charge in [-0.2, -0.15) is 0 Å². The normalized spacial score (nSPS) is 11.3. The third kappa shape index (κ3) is 1.71. The molecule has 6 heteroatoms. The van der Waals surface area contributed by atoms with Crippen LogP contribution in [0.4, 0.5) is 4.39 Å². The quantitative estimate of drug-likeness (QED) is 0.464. The predicted octanol–water partition coefficient (Wildman–Crippen LogP) is 3.90. The van der Waals surface area contributed by atoms with Gasteiger partial charge in [-0.1, -0.05) is 11.6 Å². The van der Waals surface area contributed by atoms with E-state index in [1.807, 2.05) is 0 Å². The Morgan fingerprint density at radius 1 is 1.22 bits per heavy atom. The van der Waals surface area contributed by atoms with Gasteiger partial charge in [0, 0.05) is 6.07 Å². The van der Waals surface area contributed by atoms with Crippen LogP contribution < -0.4 is 5.43 Å². The van der Waals surface area contributed by atoms with Gasteiger partial charge in [0.2, 0.25) is 5.43 Å². The van der Waals surface area contributed by atoms with Gasteiger partial charge in [0.25, 0.3) is 0 Å². The number of halogens is 3. The highest BCUT2D eigenvalue weighted by molar-refractivity contribution is 9.10. The van der Waals surface area contributed by atoms with Crippen molar-refractivity contribution in [1.82, 2.24) is 4.98 Å². The Kier molecular flexibility index (Phi) is 2.60. The Morgan fingerprint density at radius 2 is 1.94 bits per heavy atom. The Balaban J connectivity index is 2.57. The van der Waals surface area contributed by atoms with E-state index in [2.05, 4.69) is 20.9 Å². The first kappa shape index (κ1) is 11.6. The van der Waals surface area contributed by atoms with Gasteiger partial charge < -0.3 is 4.42 Å². The molecule has 0 N–H and O–H groups in total. The van der Waals surface area contributed by atoms with Gasteiger partial charge in [-0.05, 0) is 28.1 Å². The number of aromatic nitrogens is 1. The van der Waals surface area contributed by atoms with Gasteiger partial charge in [0.15, 0.2) is 5.58 Å². The van der Waals surface area contributed by atoms with E-state index in [-0.39, 0.29) is 31.6 Å². The van der Waals surface area contributed by atoms with Crippen LogP contribution >= 0.6 is 27.5 Å². The second kappa shape index (κ2) is 4.03. The van der Waals surface area contributed by atoms with E-state index in [0.29, 0.717) is 5.39 Å². The maximum Gasteiger partial charge on any atom is 0.200 e. The zero-order valence-electron chi connectivity index (χ0n) is 8.71. The second-order valence-electron chi connectivity index (χ2n) is 3.70. The number of pyridine rings is 1. The first-order valence-corrected chi connectivity index (χ1v) is 6.10. The van der Waals surface area contributed by atoms with Crippen LogP contribution in [0.2, 0.25) is 5.15 Å². The Labute approximate surface area is 113 Å². The molecule has 3 rings (SSSR count). The molecule has 3 aromatic rings. The summed E-state index contributed by atoms with van der Waals surface area (Å²) in [5, 5.41) is 0.814. The van der Waals surface area contributed by atoms with Crippen molar-refractivity contribution in [3.8, 4) is 0 Å². The zero-order valence-corrected chi connectivity index (χ0v) is 11.0. The van der Waals surface area contributed by atoms with Crippen molar-refractivity contribution in [3.05, 3.63) is 50.1 Å². The van der Waals surface area contributed by atoms with Gasteiger partial charge in [0.05, 0.1) is 21.4 Å². The van der Waals surface area contributed by atoms with Crippen LogP contribution in [0, 0.1) is 5.82 Å². The fraction of sp³-hybridized carbons (Fsp3) is 0. The molecule has 0 saturated carbocycles. The molecule has 0 fully saturated rings. The van der Waals surface area contributed by atoms with Crippen LogP contribution in [0.5, 0.6) is 0 Å². The third-order valence-electron chi connectivity index (χ3n) is 2.57. The summed E-state index contributed by atoms with van der Waals surface area (Å²) in [6, 6.07) is 3.98. The summed E-state index contributed by atoms with van der Waals surface area (Å²) < 4.78 is 19.0. The smallest absolute Gasteiger partial charge is 0.200 e. The van der Waals surface area contributed by atoms with Crippen molar-refractivity contribution in [1.29, 1.82) is 0 Å². The zero-order chi connectivity index (χ0) is 12.9. The van der Waals surface area contributed by atoms with Crippen molar-refractivity contribution in [2.24, 2.45) is 0 Å². The van der Waals surface area contributed by atoms with E-state index >= 15 is 0 Å². The van der Waals surface area contributed by atoms with Crippen molar-refractivity contribution in [2.45, 2.75) is 0 Å². The van der Waals surface area contributed by atoms with Crippen LogP contribution in [0.15, 0.2) is 38.1 Å². The number of rotatable bonds is 0. The Bertz CT molecular complexity index is 847. The summed E-state index contributed by atoms with van der Waals surface area (Å²) >= 11 is 8.77. The van der Waals surface area contributed by atoms with E-state index in [1.165, 1.54) is 18.3 Å². The molecule has 0 saturated heterocycles. The lowest BCUT2D eigenvalue weighted by Gasteiger charge is -2.02. The van der Waals surface area contributed by atoms with Crippen molar-refractivity contribution in [2.75, 3.05) is 0 Å². The topological polar surface area (TPSA) is 43.1 Å². The molecule has 2 aromatic heterocycles. The average molecular weight is 329 g/mol. The number of fused-ring (bicyclic) bond motifs is 2. The van der Waals surface area contributed by atoms with Crippen LogP contribution in [0.25, 0.3) is 21.9 Å². The van der Waals surface area contributed by atoms with E-state index in [9.17, 15) is 9.18 Å².